The Morgan fingerprint density at radius 1 is 1.22 bits per heavy atom. The van der Waals surface area contributed by atoms with Crippen molar-refractivity contribution in [3.63, 3.8) is 0 Å². The van der Waals surface area contributed by atoms with Gasteiger partial charge in [-0.3, -0.25) is 4.98 Å². The minimum atomic E-state index is -0.354. The highest BCUT2D eigenvalue weighted by molar-refractivity contribution is 6.05. The van der Waals surface area contributed by atoms with Gasteiger partial charge in [-0.15, -0.1) is 0 Å². The average molecular weight is 368 g/mol. The lowest BCUT2D eigenvalue weighted by atomic mass is 9.97. The summed E-state index contributed by atoms with van der Waals surface area (Å²) < 4.78 is 10.9. The van der Waals surface area contributed by atoms with Crippen molar-refractivity contribution in [3.05, 3.63) is 41.6 Å². The summed E-state index contributed by atoms with van der Waals surface area (Å²) in [5.74, 6) is 0.416. The van der Waals surface area contributed by atoms with E-state index in [9.17, 15) is 4.79 Å². The largest absolute Gasteiger partial charge is 0.494 e. The zero-order valence-electron chi connectivity index (χ0n) is 16.2. The summed E-state index contributed by atoms with van der Waals surface area (Å²) >= 11 is 0. The number of carbonyl (C=O) groups is 1. The molecule has 0 spiro atoms. The number of nitrogens with zero attached hydrogens (tertiary/aromatic N) is 1. The normalized spacial score (nSPS) is 13.9. The lowest BCUT2D eigenvalue weighted by Gasteiger charge is -2.17. The number of hydrogen-bond donors (Lipinski definition) is 1. The summed E-state index contributed by atoms with van der Waals surface area (Å²) in [5, 5.41) is 4.35. The summed E-state index contributed by atoms with van der Waals surface area (Å²) in [7, 11) is 0. The van der Waals surface area contributed by atoms with E-state index in [1.165, 1.54) is 31.3 Å². The van der Waals surface area contributed by atoms with Crippen LogP contribution in [0.3, 0.4) is 0 Å². The minimum absolute atomic E-state index is 0.335. The lowest BCUT2D eigenvalue weighted by Crippen LogP contribution is -2.12. The van der Waals surface area contributed by atoms with Crippen molar-refractivity contribution in [3.8, 4) is 5.75 Å². The van der Waals surface area contributed by atoms with Gasteiger partial charge in [-0.2, -0.15) is 0 Å². The van der Waals surface area contributed by atoms with E-state index in [4.69, 9.17) is 9.47 Å². The highest BCUT2D eigenvalue weighted by Crippen LogP contribution is 2.30. The third-order valence-corrected chi connectivity index (χ3v) is 4.78. The van der Waals surface area contributed by atoms with Crippen molar-refractivity contribution in [1.29, 1.82) is 0 Å². The number of allylic oxidation sites excluding steroid dienone is 1. The molecule has 0 saturated carbocycles. The number of aromatic nitrogens is 1. The molecule has 1 aliphatic rings. The van der Waals surface area contributed by atoms with Crippen LogP contribution in [-0.4, -0.2) is 30.7 Å². The molecule has 0 saturated heterocycles. The lowest BCUT2D eigenvalue weighted by molar-refractivity contribution is 0.0527. The molecule has 5 heteroatoms. The number of rotatable bonds is 8. The zero-order chi connectivity index (χ0) is 19.1. The van der Waals surface area contributed by atoms with Crippen LogP contribution in [0.5, 0.6) is 5.75 Å². The predicted molar refractivity (Wildman–Crippen MR) is 109 cm³/mol. The average Bonchev–Trinajstić information content (AvgIpc) is 2.69. The second-order valence-electron chi connectivity index (χ2n) is 6.66. The van der Waals surface area contributed by atoms with E-state index in [-0.39, 0.29) is 5.97 Å². The molecule has 0 aliphatic heterocycles. The standard InChI is InChI=1S/C22H28N2O3/c1-3-26-17-10-11-20-18(14-17)21(19(15-24-20)22(25)27-4-2)23-13-12-16-8-6-5-7-9-16/h8,10-11,14-15H,3-7,9,12-13H2,1-2H3,(H,23,24). The van der Waals surface area contributed by atoms with Crippen LogP contribution in [0.4, 0.5) is 5.69 Å². The van der Waals surface area contributed by atoms with Gasteiger partial charge in [0.15, 0.2) is 0 Å². The SMILES string of the molecule is CCOC(=O)c1cnc2ccc(OCC)cc2c1NCCC1=CCCCC1. The Labute approximate surface area is 160 Å². The van der Waals surface area contributed by atoms with E-state index in [1.807, 2.05) is 32.0 Å². The predicted octanol–water partition coefficient (Wildman–Crippen LogP) is 5.11. The van der Waals surface area contributed by atoms with Crippen LogP contribution in [0, 0.1) is 0 Å². The van der Waals surface area contributed by atoms with Crippen molar-refractivity contribution in [2.75, 3.05) is 25.1 Å². The van der Waals surface area contributed by atoms with E-state index in [0.717, 1.165) is 35.3 Å². The molecule has 1 heterocycles. The van der Waals surface area contributed by atoms with Crippen molar-refractivity contribution in [2.45, 2.75) is 46.0 Å². The number of carbonyl (C=O) groups excluding carboxylic acids is 1. The van der Waals surface area contributed by atoms with Crippen LogP contribution in [0.25, 0.3) is 10.9 Å². The Balaban J connectivity index is 1.91. The number of benzene rings is 1. The molecule has 0 fully saturated rings. The summed E-state index contributed by atoms with van der Waals surface area (Å²) in [6, 6.07) is 5.76. The first-order valence-electron chi connectivity index (χ1n) is 9.87. The number of anilines is 1. The highest BCUT2D eigenvalue weighted by atomic mass is 16.5. The van der Waals surface area contributed by atoms with Gasteiger partial charge in [-0.1, -0.05) is 11.6 Å². The molecule has 0 atom stereocenters. The van der Waals surface area contributed by atoms with Crippen LogP contribution in [0.15, 0.2) is 36.0 Å². The third-order valence-electron chi connectivity index (χ3n) is 4.78. The number of fused-ring (bicyclic) bond motifs is 1. The Kier molecular flexibility index (Phi) is 6.69. The van der Waals surface area contributed by atoms with Gasteiger partial charge >= 0.3 is 5.97 Å². The fourth-order valence-corrected chi connectivity index (χ4v) is 3.46. The maximum absolute atomic E-state index is 12.4. The van der Waals surface area contributed by atoms with Crippen LogP contribution >= 0.6 is 0 Å². The first-order valence-corrected chi connectivity index (χ1v) is 9.87. The molecular formula is C22H28N2O3. The second-order valence-corrected chi connectivity index (χ2v) is 6.66. The van der Waals surface area contributed by atoms with Crippen molar-refractivity contribution in [1.82, 2.24) is 4.98 Å². The Bertz CT molecular complexity index is 830. The molecule has 1 aromatic carbocycles. The van der Waals surface area contributed by atoms with E-state index >= 15 is 0 Å². The molecule has 144 valence electrons. The van der Waals surface area contributed by atoms with E-state index < -0.39 is 0 Å². The highest BCUT2D eigenvalue weighted by Gasteiger charge is 2.17. The number of pyridine rings is 1. The number of nitrogens with one attached hydrogen (secondary N) is 1. The zero-order valence-corrected chi connectivity index (χ0v) is 16.2. The van der Waals surface area contributed by atoms with Crippen molar-refractivity contribution >= 4 is 22.6 Å². The first-order chi connectivity index (χ1) is 13.2. The molecule has 1 N–H and O–H groups in total. The third kappa shape index (κ3) is 4.79. The molecule has 1 aliphatic carbocycles. The molecule has 2 aromatic rings. The molecule has 0 bridgehead atoms. The number of ether oxygens (including phenoxy) is 2. The number of hydrogen-bond acceptors (Lipinski definition) is 5. The molecule has 0 radical (unpaired) electrons. The van der Waals surface area contributed by atoms with Crippen LogP contribution < -0.4 is 10.1 Å². The Hall–Kier alpha value is -2.56. The monoisotopic (exact) mass is 368 g/mol. The fraction of sp³-hybridized carbons (Fsp3) is 0.455. The number of esters is 1. The maximum atomic E-state index is 12.4. The van der Waals surface area contributed by atoms with Crippen LogP contribution in [0.1, 0.15) is 56.3 Å². The van der Waals surface area contributed by atoms with Crippen LogP contribution in [0.2, 0.25) is 0 Å². The van der Waals surface area contributed by atoms with Gasteiger partial charge in [0.25, 0.3) is 0 Å². The van der Waals surface area contributed by atoms with Gasteiger partial charge in [0.1, 0.15) is 11.3 Å². The van der Waals surface area contributed by atoms with Gasteiger partial charge in [-0.25, -0.2) is 4.79 Å². The van der Waals surface area contributed by atoms with Gasteiger partial charge in [0.05, 0.1) is 24.4 Å². The van der Waals surface area contributed by atoms with Gasteiger partial charge < -0.3 is 14.8 Å². The smallest absolute Gasteiger partial charge is 0.341 e. The molecule has 27 heavy (non-hydrogen) atoms. The van der Waals surface area contributed by atoms with Gasteiger partial charge in [0.2, 0.25) is 0 Å². The molecule has 1 aromatic heterocycles. The summed E-state index contributed by atoms with van der Waals surface area (Å²) in [4.78, 5) is 16.9. The van der Waals surface area contributed by atoms with Crippen molar-refractivity contribution < 1.29 is 14.3 Å². The van der Waals surface area contributed by atoms with E-state index in [0.29, 0.717) is 18.8 Å². The molecule has 3 rings (SSSR count). The fourth-order valence-electron chi connectivity index (χ4n) is 3.46. The molecule has 0 amide bonds. The Morgan fingerprint density at radius 2 is 2.11 bits per heavy atom. The van der Waals surface area contributed by atoms with E-state index in [2.05, 4.69) is 16.4 Å². The topological polar surface area (TPSA) is 60.5 Å². The van der Waals surface area contributed by atoms with Gasteiger partial charge in [0, 0.05) is 18.1 Å². The van der Waals surface area contributed by atoms with Crippen LogP contribution in [-0.2, 0) is 4.74 Å². The molecular weight excluding hydrogens is 340 g/mol. The Morgan fingerprint density at radius 3 is 2.85 bits per heavy atom. The van der Waals surface area contributed by atoms with Crippen molar-refractivity contribution in [2.24, 2.45) is 0 Å². The quantitative estimate of drug-likeness (QED) is 0.518. The first kappa shape index (κ1) is 19.2. The minimum Gasteiger partial charge on any atom is -0.494 e. The summed E-state index contributed by atoms with van der Waals surface area (Å²) in [6.45, 7) is 5.46. The second kappa shape index (κ2) is 9.40. The molecule has 0 unspecified atom stereocenters. The van der Waals surface area contributed by atoms with Gasteiger partial charge in [-0.05, 0) is 64.2 Å². The summed E-state index contributed by atoms with van der Waals surface area (Å²) in [6.07, 6.45) is 9.86. The summed E-state index contributed by atoms with van der Waals surface area (Å²) in [5.41, 5.74) is 3.57. The maximum Gasteiger partial charge on any atom is 0.341 e. The molecule has 5 nitrogen and oxygen atoms in total. The van der Waals surface area contributed by atoms with E-state index in [1.54, 1.807) is 6.20 Å².